The minimum atomic E-state index is -0.277. The number of esters is 1. The van der Waals surface area contributed by atoms with Crippen LogP contribution in [0.2, 0.25) is 0 Å². The molecule has 1 atom stereocenters. The highest BCUT2D eigenvalue weighted by Gasteiger charge is 2.29. The second-order valence-corrected chi connectivity index (χ2v) is 4.70. The summed E-state index contributed by atoms with van der Waals surface area (Å²) in [6, 6.07) is 4.84. The first-order valence-corrected chi connectivity index (χ1v) is 6.26. The third-order valence-corrected chi connectivity index (χ3v) is 3.46. The summed E-state index contributed by atoms with van der Waals surface area (Å²) in [5.41, 5.74) is 0.617. The van der Waals surface area contributed by atoms with Gasteiger partial charge in [0.05, 0.1) is 20.1 Å². The second-order valence-electron chi connectivity index (χ2n) is 4.70. The molecule has 0 aliphatic carbocycles. The van der Waals surface area contributed by atoms with Crippen molar-refractivity contribution < 1.29 is 18.7 Å². The molecule has 104 valence electrons. The molecule has 5 heteroatoms. The highest BCUT2D eigenvalue weighted by molar-refractivity contribution is 5.72. The number of benzene rings is 1. The quantitative estimate of drug-likeness (QED) is 0.780. The van der Waals surface area contributed by atoms with Gasteiger partial charge in [0, 0.05) is 24.7 Å². The Morgan fingerprint density at radius 3 is 2.89 bits per heavy atom. The number of carbonyl (C=O) groups excluding carboxylic acids is 1. The lowest BCUT2D eigenvalue weighted by Crippen LogP contribution is -2.24. The lowest BCUT2D eigenvalue weighted by Gasteiger charge is -2.16. The van der Waals surface area contributed by atoms with E-state index in [2.05, 4.69) is 4.90 Å². The van der Waals surface area contributed by atoms with E-state index in [9.17, 15) is 9.18 Å². The van der Waals surface area contributed by atoms with Crippen LogP contribution in [0.5, 0.6) is 5.75 Å². The summed E-state index contributed by atoms with van der Waals surface area (Å²) in [6.45, 7) is 1.91. The Morgan fingerprint density at radius 1 is 1.47 bits per heavy atom. The normalized spacial score (nSPS) is 19.4. The number of nitrogens with zero attached hydrogens (tertiary/aromatic N) is 1. The molecule has 1 fully saturated rings. The molecule has 1 aliphatic heterocycles. The molecule has 0 bridgehead atoms. The average molecular weight is 267 g/mol. The van der Waals surface area contributed by atoms with Crippen LogP contribution in [-0.2, 0) is 16.1 Å². The van der Waals surface area contributed by atoms with Gasteiger partial charge in [-0.25, -0.2) is 4.39 Å². The fraction of sp³-hybridized carbons (Fsp3) is 0.500. The van der Waals surface area contributed by atoms with Gasteiger partial charge in [-0.1, -0.05) is 6.07 Å². The highest BCUT2D eigenvalue weighted by atomic mass is 19.1. The molecule has 0 aromatic heterocycles. The van der Waals surface area contributed by atoms with Crippen molar-refractivity contribution in [1.29, 1.82) is 0 Å². The molecule has 19 heavy (non-hydrogen) atoms. The third kappa shape index (κ3) is 3.23. The fourth-order valence-electron chi connectivity index (χ4n) is 2.36. The van der Waals surface area contributed by atoms with Gasteiger partial charge in [0.25, 0.3) is 0 Å². The molecule has 4 nitrogen and oxygen atoms in total. The molecule has 1 saturated heterocycles. The maximum atomic E-state index is 13.8. The van der Waals surface area contributed by atoms with Gasteiger partial charge in [-0.05, 0) is 19.0 Å². The summed E-state index contributed by atoms with van der Waals surface area (Å²) in [7, 11) is 2.91. The number of carbonyl (C=O) groups is 1. The van der Waals surface area contributed by atoms with Crippen molar-refractivity contribution in [2.45, 2.75) is 13.0 Å². The molecule has 0 saturated carbocycles. The van der Waals surface area contributed by atoms with Gasteiger partial charge in [-0.15, -0.1) is 0 Å². The number of rotatable bonds is 4. The molecule has 0 N–H and O–H groups in total. The topological polar surface area (TPSA) is 38.8 Å². The average Bonchev–Trinajstić information content (AvgIpc) is 2.88. The third-order valence-electron chi connectivity index (χ3n) is 3.46. The molecule has 0 amide bonds. The van der Waals surface area contributed by atoms with E-state index < -0.39 is 0 Å². The first-order valence-electron chi connectivity index (χ1n) is 6.26. The minimum absolute atomic E-state index is 0.0914. The zero-order valence-electron chi connectivity index (χ0n) is 11.2. The second kappa shape index (κ2) is 6.02. The van der Waals surface area contributed by atoms with Crippen LogP contribution in [0.3, 0.4) is 0 Å². The van der Waals surface area contributed by atoms with Crippen LogP contribution in [0.25, 0.3) is 0 Å². The summed E-state index contributed by atoms with van der Waals surface area (Å²) in [4.78, 5) is 13.5. The molecule has 2 rings (SSSR count). The van der Waals surface area contributed by atoms with Gasteiger partial charge in [0.1, 0.15) is 11.6 Å². The van der Waals surface area contributed by atoms with Crippen LogP contribution in [0.1, 0.15) is 12.0 Å². The Bertz CT molecular complexity index is 464. The summed E-state index contributed by atoms with van der Waals surface area (Å²) in [6.07, 6.45) is 0.768. The Labute approximate surface area is 112 Å². The Morgan fingerprint density at radius 2 is 2.26 bits per heavy atom. The van der Waals surface area contributed by atoms with Crippen molar-refractivity contribution in [3.05, 3.63) is 29.6 Å². The molecule has 1 aliphatic rings. The van der Waals surface area contributed by atoms with E-state index in [-0.39, 0.29) is 17.7 Å². The first-order chi connectivity index (χ1) is 9.13. The van der Waals surface area contributed by atoms with Crippen molar-refractivity contribution >= 4 is 5.97 Å². The Hall–Kier alpha value is -1.62. The van der Waals surface area contributed by atoms with Crippen LogP contribution in [0, 0.1) is 11.7 Å². The van der Waals surface area contributed by atoms with Crippen molar-refractivity contribution in [2.75, 3.05) is 27.3 Å². The highest BCUT2D eigenvalue weighted by Crippen LogP contribution is 2.22. The monoisotopic (exact) mass is 267 g/mol. The molecular weight excluding hydrogens is 249 g/mol. The van der Waals surface area contributed by atoms with Gasteiger partial charge in [0.2, 0.25) is 0 Å². The standard InChI is InChI=1S/C14H18FNO3/c1-18-12-4-3-10(13(15)7-12)8-16-6-5-11(9-16)14(17)19-2/h3-4,7,11H,5-6,8-9H2,1-2H3. The van der Waals surface area contributed by atoms with E-state index in [1.807, 2.05) is 0 Å². The Balaban J connectivity index is 1.97. The smallest absolute Gasteiger partial charge is 0.310 e. The van der Waals surface area contributed by atoms with Crippen molar-refractivity contribution in [2.24, 2.45) is 5.92 Å². The maximum absolute atomic E-state index is 13.8. The first kappa shape index (κ1) is 13.8. The van der Waals surface area contributed by atoms with E-state index in [1.165, 1.54) is 20.3 Å². The van der Waals surface area contributed by atoms with E-state index in [0.29, 0.717) is 24.4 Å². The molecule has 1 aromatic carbocycles. The number of hydrogen-bond acceptors (Lipinski definition) is 4. The largest absolute Gasteiger partial charge is 0.497 e. The van der Waals surface area contributed by atoms with Crippen LogP contribution in [-0.4, -0.2) is 38.2 Å². The molecule has 1 heterocycles. The van der Waals surface area contributed by atoms with Gasteiger partial charge < -0.3 is 9.47 Å². The summed E-state index contributed by atoms with van der Waals surface area (Å²) in [5, 5.41) is 0. The summed E-state index contributed by atoms with van der Waals surface area (Å²) in [5.74, 6) is -0.0417. The van der Waals surface area contributed by atoms with E-state index in [1.54, 1.807) is 12.1 Å². The van der Waals surface area contributed by atoms with Crippen molar-refractivity contribution in [3.63, 3.8) is 0 Å². The summed E-state index contributed by atoms with van der Waals surface area (Å²) >= 11 is 0. The number of methoxy groups -OCH3 is 2. The number of hydrogen-bond donors (Lipinski definition) is 0. The molecule has 1 aromatic rings. The van der Waals surface area contributed by atoms with Crippen LogP contribution in [0.15, 0.2) is 18.2 Å². The minimum Gasteiger partial charge on any atom is -0.497 e. The molecule has 0 spiro atoms. The van der Waals surface area contributed by atoms with Crippen molar-refractivity contribution in [1.82, 2.24) is 4.90 Å². The SMILES string of the molecule is COC(=O)C1CCN(Cc2ccc(OC)cc2F)C1. The van der Waals surface area contributed by atoms with Gasteiger partial charge in [0.15, 0.2) is 0 Å². The van der Waals surface area contributed by atoms with Gasteiger partial charge >= 0.3 is 5.97 Å². The van der Waals surface area contributed by atoms with Gasteiger partial charge in [-0.3, -0.25) is 9.69 Å². The van der Waals surface area contributed by atoms with E-state index in [0.717, 1.165) is 13.0 Å². The van der Waals surface area contributed by atoms with E-state index >= 15 is 0 Å². The predicted molar refractivity (Wildman–Crippen MR) is 68.4 cm³/mol. The number of ether oxygens (including phenoxy) is 2. The van der Waals surface area contributed by atoms with Crippen molar-refractivity contribution in [3.8, 4) is 5.75 Å². The zero-order valence-corrected chi connectivity index (χ0v) is 11.2. The molecule has 0 radical (unpaired) electrons. The lowest BCUT2D eigenvalue weighted by molar-refractivity contribution is -0.144. The molecule has 1 unspecified atom stereocenters. The van der Waals surface area contributed by atoms with E-state index in [4.69, 9.17) is 9.47 Å². The van der Waals surface area contributed by atoms with Crippen LogP contribution < -0.4 is 4.74 Å². The predicted octanol–water partition coefficient (Wildman–Crippen LogP) is 1.83. The zero-order chi connectivity index (χ0) is 13.8. The fourth-order valence-corrected chi connectivity index (χ4v) is 2.36. The number of halogens is 1. The number of likely N-dealkylation sites (tertiary alicyclic amines) is 1. The lowest BCUT2D eigenvalue weighted by atomic mass is 10.1. The van der Waals surface area contributed by atoms with Crippen LogP contribution >= 0.6 is 0 Å². The van der Waals surface area contributed by atoms with Gasteiger partial charge in [-0.2, -0.15) is 0 Å². The van der Waals surface area contributed by atoms with Crippen LogP contribution in [0.4, 0.5) is 4.39 Å². The maximum Gasteiger partial charge on any atom is 0.310 e. The summed E-state index contributed by atoms with van der Waals surface area (Å²) < 4.78 is 23.5. The molecular formula is C14H18FNO3. The Kier molecular flexibility index (Phi) is 4.37.